The lowest BCUT2D eigenvalue weighted by Crippen LogP contribution is -2.51. The van der Waals surface area contributed by atoms with E-state index >= 15 is 0 Å². The van der Waals surface area contributed by atoms with Crippen LogP contribution in [-0.4, -0.2) is 34.6 Å². The Hall–Kier alpha value is -1.40. The summed E-state index contributed by atoms with van der Waals surface area (Å²) >= 11 is 20.4. The van der Waals surface area contributed by atoms with Crippen LogP contribution in [0.25, 0.3) is 0 Å². The van der Waals surface area contributed by atoms with Gasteiger partial charge in [-0.15, -0.1) is 11.8 Å². The van der Waals surface area contributed by atoms with Gasteiger partial charge in [0.15, 0.2) is 0 Å². The highest BCUT2D eigenvalue weighted by Crippen LogP contribution is 2.28. The Balaban J connectivity index is 2.21. The molecule has 2 rings (SSSR count). The average Bonchev–Trinajstić information content (AvgIpc) is 2.70. The van der Waals surface area contributed by atoms with Gasteiger partial charge in [0.2, 0.25) is 11.8 Å². The minimum Gasteiger partial charge on any atom is -0.352 e. The van der Waals surface area contributed by atoms with Crippen LogP contribution in [0.1, 0.15) is 38.3 Å². The summed E-state index contributed by atoms with van der Waals surface area (Å²) in [6, 6.07) is 12.1. The van der Waals surface area contributed by atoms with Gasteiger partial charge in [0.1, 0.15) is 6.04 Å². The number of carbonyl (C=O) groups excluding carboxylic acids is 2. The summed E-state index contributed by atoms with van der Waals surface area (Å²) in [5, 5.41) is 4.51. The van der Waals surface area contributed by atoms with E-state index in [4.69, 9.17) is 34.8 Å². The molecule has 0 spiro atoms. The molecule has 0 heterocycles. The maximum absolute atomic E-state index is 13.2. The van der Waals surface area contributed by atoms with E-state index in [1.54, 1.807) is 23.1 Å². The van der Waals surface area contributed by atoms with Crippen LogP contribution in [0.5, 0.6) is 0 Å². The van der Waals surface area contributed by atoms with E-state index in [0.717, 1.165) is 5.56 Å². The first kappa shape index (κ1) is 25.9. The third-order valence-corrected chi connectivity index (χ3v) is 6.69. The minimum atomic E-state index is -0.622. The molecule has 0 aromatic heterocycles. The number of nitrogens with zero attached hydrogens (tertiary/aromatic N) is 1. The van der Waals surface area contributed by atoms with Crippen molar-refractivity contribution in [2.75, 3.05) is 5.75 Å². The van der Waals surface area contributed by atoms with Crippen LogP contribution in [0.2, 0.25) is 15.1 Å². The first-order valence-corrected chi connectivity index (χ1v) is 12.4. The van der Waals surface area contributed by atoms with E-state index in [2.05, 4.69) is 5.32 Å². The topological polar surface area (TPSA) is 49.4 Å². The summed E-state index contributed by atoms with van der Waals surface area (Å²) < 4.78 is 0. The maximum Gasteiger partial charge on any atom is 0.243 e. The monoisotopic (exact) mass is 500 g/mol. The Kier molecular flexibility index (Phi) is 10.5. The molecule has 1 N–H and O–H groups in total. The molecule has 0 bridgehead atoms. The maximum atomic E-state index is 13.2. The van der Waals surface area contributed by atoms with Crippen LogP contribution in [0.15, 0.2) is 42.5 Å². The Morgan fingerprint density at radius 1 is 1.00 bits per heavy atom. The molecular weight excluding hydrogens is 475 g/mol. The molecule has 2 amide bonds. The highest BCUT2D eigenvalue weighted by atomic mass is 35.5. The molecule has 0 radical (unpaired) electrons. The summed E-state index contributed by atoms with van der Waals surface area (Å²) in [7, 11) is 0. The van der Waals surface area contributed by atoms with Crippen molar-refractivity contribution in [3.05, 3.63) is 68.7 Å². The second kappa shape index (κ2) is 12.6. The number of rotatable bonds is 10. The molecule has 8 heteroatoms. The van der Waals surface area contributed by atoms with Crippen molar-refractivity contribution in [3.63, 3.8) is 0 Å². The molecular formula is C23H27Cl3N2O2S. The molecule has 0 saturated heterocycles. The summed E-state index contributed by atoms with van der Waals surface area (Å²) in [6.07, 6.45) is 0.474. The van der Waals surface area contributed by atoms with E-state index in [-0.39, 0.29) is 30.2 Å². The fourth-order valence-corrected chi connectivity index (χ4v) is 4.81. The van der Waals surface area contributed by atoms with Crippen molar-refractivity contribution in [2.45, 2.75) is 51.6 Å². The van der Waals surface area contributed by atoms with E-state index in [9.17, 15) is 9.59 Å². The smallest absolute Gasteiger partial charge is 0.243 e. The van der Waals surface area contributed by atoms with Gasteiger partial charge in [-0.1, -0.05) is 66.0 Å². The normalized spacial score (nSPS) is 12.0. The van der Waals surface area contributed by atoms with Gasteiger partial charge < -0.3 is 10.2 Å². The van der Waals surface area contributed by atoms with Crippen molar-refractivity contribution in [3.8, 4) is 0 Å². The predicted octanol–water partition coefficient (Wildman–Crippen LogP) is 6.21. The highest BCUT2D eigenvalue weighted by Gasteiger charge is 2.29. The van der Waals surface area contributed by atoms with E-state index in [0.29, 0.717) is 32.8 Å². The Labute approximate surface area is 203 Å². The van der Waals surface area contributed by atoms with Crippen molar-refractivity contribution < 1.29 is 9.59 Å². The van der Waals surface area contributed by atoms with Crippen LogP contribution in [0.4, 0.5) is 0 Å². The summed E-state index contributed by atoms with van der Waals surface area (Å²) in [5.41, 5.74) is 1.60. The van der Waals surface area contributed by atoms with Crippen LogP contribution in [0, 0.1) is 0 Å². The molecule has 0 aliphatic heterocycles. The zero-order valence-corrected chi connectivity index (χ0v) is 20.9. The number of thioether (sulfide) groups is 1. The van der Waals surface area contributed by atoms with Crippen molar-refractivity contribution in [1.82, 2.24) is 10.2 Å². The number of hydrogen-bond donors (Lipinski definition) is 1. The van der Waals surface area contributed by atoms with Crippen molar-refractivity contribution >= 4 is 58.4 Å². The largest absolute Gasteiger partial charge is 0.352 e. The molecule has 0 aliphatic carbocycles. The number of benzene rings is 2. The van der Waals surface area contributed by atoms with Crippen molar-refractivity contribution in [2.24, 2.45) is 0 Å². The number of nitrogens with one attached hydrogen (secondary N) is 1. The molecule has 0 saturated carbocycles. The standard InChI is InChI=1S/C23H27Cl3N2O2S/c1-4-21(23(30)27-15(2)3)28(12-17-19(25)10-7-11-20(17)26)22(29)14-31-13-16-8-5-6-9-18(16)24/h5-11,15,21H,4,12-14H2,1-3H3,(H,27,30). The van der Waals surface area contributed by atoms with Gasteiger partial charge in [-0.2, -0.15) is 0 Å². The fourth-order valence-electron chi connectivity index (χ4n) is 3.10. The van der Waals surface area contributed by atoms with Gasteiger partial charge in [-0.25, -0.2) is 0 Å². The average molecular weight is 502 g/mol. The Bertz CT molecular complexity index is 888. The highest BCUT2D eigenvalue weighted by molar-refractivity contribution is 7.99. The molecule has 0 fully saturated rings. The SMILES string of the molecule is CCC(C(=O)NC(C)C)N(Cc1c(Cl)cccc1Cl)C(=O)CSCc1ccccc1Cl. The lowest BCUT2D eigenvalue weighted by molar-refractivity contribution is -0.139. The van der Waals surface area contributed by atoms with Gasteiger partial charge in [0.25, 0.3) is 0 Å². The lowest BCUT2D eigenvalue weighted by atomic mass is 10.1. The number of carbonyl (C=O) groups is 2. The van der Waals surface area contributed by atoms with E-state index < -0.39 is 6.04 Å². The number of halogens is 3. The predicted molar refractivity (Wildman–Crippen MR) is 132 cm³/mol. The Morgan fingerprint density at radius 3 is 2.19 bits per heavy atom. The summed E-state index contributed by atoms with van der Waals surface area (Å²) in [4.78, 5) is 27.7. The van der Waals surface area contributed by atoms with E-state index in [1.165, 1.54) is 11.8 Å². The quantitative estimate of drug-likeness (QED) is 0.421. The van der Waals surface area contributed by atoms with Gasteiger partial charge in [0, 0.05) is 39.0 Å². The van der Waals surface area contributed by atoms with Crippen LogP contribution in [0.3, 0.4) is 0 Å². The first-order chi connectivity index (χ1) is 14.7. The molecule has 31 heavy (non-hydrogen) atoms. The van der Waals surface area contributed by atoms with Gasteiger partial charge in [-0.05, 0) is 44.0 Å². The van der Waals surface area contributed by atoms with Gasteiger partial charge in [0.05, 0.1) is 5.75 Å². The minimum absolute atomic E-state index is 0.0306. The van der Waals surface area contributed by atoms with Crippen LogP contribution >= 0.6 is 46.6 Å². The molecule has 0 aliphatic rings. The third kappa shape index (κ3) is 7.60. The molecule has 4 nitrogen and oxygen atoms in total. The molecule has 168 valence electrons. The van der Waals surface area contributed by atoms with Gasteiger partial charge in [-0.3, -0.25) is 9.59 Å². The number of amides is 2. The molecule has 1 atom stereocenters. The third-order valence-electron chi connectivity index (χ3n) is 4.65. The molecule has 2 aromatic rings. The summed E-state index contributed by atoms with van der Waals surface area (Å²) in [5.74, 6) is 0.462. The van der Waals surface area contributed by atoms with E-state index in [1.807, 2.05) is 45.0 Å². The Morgan fingerprint density at radius 2 is 1.61 bits per heavy atom. The zero-order valence-electron chi connectivity index (χ0n) is 17.8. The number of hydrogen-bond acceptors (Lipinski definition) is 3. The van der Waals surface area contributed by atoms with Crippen LogP contribution < -0.4 is 5.32 Å². The van der Waals surface area contributed by atoms with Crippen LogP contribution in [-0.2, 0) is 21.9 Å². The fraction of sp³-hybridized carbons (Fsp3) is 0.391. The van der Waals surface area contributed by atoms with Crippen molar-refractivity contribution in [1.29, 1.82) is 0 Å². The summed E-state index contributed by atoms with van der Waals surface area (Å²) in [6.45, 7) is 5.83. The lowest BCUT2D eigenvalue weighted by Gasteiger charge is -2.31. The molecule has 1 unspecified atom stereocenters. The second-order valence-electron chi connectivity index (χ2n) is 7.39. The second-order valence-corrected chi connectivity index (χ2v) is 9.60. The zero-order chi connectivity index (χ0) is 23.0. The first-order valence-electron chi connectivity index (χ1n) is 10.1. The van der Waals surface area contributed by atoms with Gasteiger partial charge >= 0.3 is 0 Å². The molecule has 2 aromatic carbocycles.